The molecule has 0 aromatic carbocycles. The minimum Gasteiger partial charge on any atom is -0.467 e. The topological polar surface area (TPSA) is 84.4 Å². The van der Waals surface area contributed by atoms with Crippen molar-refractivity contribution in [1.29, 1.82) is 0 Å². The van der Waals surface area contributed by atoms with Gasteiger partial charge in [-0.3, -0.25) is 4.79 Å². The van der Waals surface area contributed by atoms with Gasteiger partial charge in [0.1, 0.15) is 17.8 Å². The van der Waals surface area contributed by atoms with Crippen molar-refractivity contribution in [2.75, 3.05) is 18.0 Å². The average molecular weight is 300 g/mol. The Morgan fingerprint density at radius 1 is 1.36 bits per heavy atom. The number of rotatable bonds is 5. The lowest BCUT2D eigenvalue weighted by molar-refractivity contribution is 0.0950. The van der Waals surface area contributed by atoms with Crippen LogP contribution < -0.4 is 16.0 Å². The molecule has 0 spiro atoms. The molecular formula is C16H20N4O2. The summed E-state index contributed by atoms with van der Waals surface area (Å²) in [5, 5.41) is 2.88. The van der Waals surface area contributed by atoms with E-state index in [9.17, 15) is 4.79 Å². The summed E-state index contributed by atoms with van der Waals surface area (Å²) in [6, 6.07) is 5.62. The van der Waals surface area contributed by atoms with Gasteiger partial charge < -0.3 is 20.4 Å². The van der Waals surface area contributed by atoms with E-state index in [0.29, 0.717) is 17.9 Å². The van der Waals surface area contributed by atoms with Gasteiger partial charge in [-0.15, -0.1) is 0 Å². The van der Waals surface area contributed by atoms with Gasteiger partial charge in [-0.05, 0) is 36.6 Å². The van der Waals surface area contributed by atoms with Crippen LogP contribution >= 0.6 is 0 Å². The Labute approximate surface area is 129 Å². The number of nitrogens with zero attached hydrogens (tertiary/aromatic N) is 2. The molecule has 1 aliphatic rings. The second-order valence-corrected chi connectivity index (χ2v) is 5.40. The first-order valence-corrected chi connectivity index (χ1v) is 7.52. The fourth-order valence-corrected chi connectivity index (χ4v) is 2.58. The molecule has 3 N–H and O–H groups in total. The van der Waals surface area contributed by atoms with Crippen LogP contribution in [0.3, 0.4) is 0 Å². The minimum absolute atomic E-state index is 0.164. The summed E-state index contributed by atoms with van der Waals surface area (Å²) in [5.74, 6) is 1.42. The molecule has 1 aliphatic heterocycles. The first-order chi connectivity index (χ1) is 10.8. The fraction of sp³-hybridized carbons (Fsp3) is 0.375. The van der Waals surface area contributed by atoms with Crippen LogP contribution in [0.2, 0.25) is 0 Å². The number of hydrogen-bond donors (Lipinski definition) is 2. The van der Waals surface area contributed by atoms with Crippen LogP contribution in [0, 0.1) is 0 Å². The molecule has 2 aromatic rings. The Morgan fingerprint density at radius 2 is 2.18 bits per heavy atom. The van der Waals surface area contributed by atoms with Gasteiger partial charge in [-0.25, -0.2) is 4.98 Å². The van der Waals surface area contributed by atoms with Crippen LogP contribution in [0.1, 0.15) is 34.5 Å². The van der Waals surface area contributed by atoms with Crippen molar-refractivity contribution >= 4 is 11.7 Å². The van der Waals surface area contributed by atoms with E-state index in [2.05, 4.69) is 15.2 Å². The van der Waals surface area contributed by atoms with Crippen LogP contribution in [0.15, 0.2) is 35.1 Å². The zero-order chi connectivity index (χ0) is 15.4. The van der Waals surface area contributed by atoms with Crippen LogP contribution in [0.4, 0.5) is 5.82 Å². The molecule has 6 nitrogen and oxygen atoms in total. The van der Waals surface area contributed by atoms with E-state index in [0.717, 1.165) is 24.5 Å². The standard InChI is InChI=1S/C16H20N4O2/c17-9-14-8-13(11-22-14)16(21)19-10-12-3-4-18-15(7-12)20-5-1-2-6-20/h3-4,7-8,11H,1-2,5-6,9-10,17H2,(H,19,21). The molecule has 116 valence electrons. The summed E-state index contributed by atoms with van der Waals surface area (Å²) in [5.41, 5.74) is 7.00. The summed E-state index contributed by atoms with van der Waals surface area (Å²) in [4.78, 5) is 18.7. The van der Waals surface area contributed by atoms with E-state index < -0.39 is 0 Å². The minimum atomic E-state index is -0.164. The summed E-state index contributed by atoms with van der Waals surface area (Å²) >= 11 is 0. The maximum absolute atomic E-state index is 12.1. The van der Waals surface area contributed by atoms with Gasteiger partial charge in [0.05, 0.1) is 12.1 Å². The lowest BCUT2D eigenvalue weighted by Crippen LogP contribution is -2.23. The van der Waals surface area contributed by atoms with Crippen LogP contribution in [-0.2, 0) is 13.1 Å². The summed E-state index contributed by atoms with van der Waals surface area (Å²) < 4.78 is 5.17. The molecule has 0 unspecified atom stereocenters. The monoisotopic (exact) mass is 300 g/mol. The van der Waals surface area contributed by atoms with E-state index in [-0.39, 0.29) is 12.5 Å². The predicted octanol–water partition coefficient (Wildman–Crippen LogP) is 1.66. The number of hydrogen-bond acceptors (Lipinski definition) is 5. The van der Waals surface area contributed by atoms with Crippen LogP contribution in [0.5, 0.6) is 0 Å². The highest BCUT2D eigenvalue weighted by Crippen LogP contribution is 2.18. The lowest BCUT2D eigenvalue weighted by atomic mass is 10.2. The SMILES string of the molecule is NCc1cc(C(=O)NCc2ccnc(N3CCCC3)c2)co1. The molecule has 0 bridgehead atoms. The Kier molecular flexibility index (Phi) is 4.39. The molecule has 0 radical (unpaired) electrons. The van der Waals surface area contributed by atoms with Crippen molar-refractivity contribution < 1.29 is 9.21 Å². The third-order valence-electron chi connectivity index (χ3n) is 3.81. The van der Waals surface area contributed by atoms with E-state index in [1.807, 2.05) is 12.1 Å². The first kappa shape index (κ1) is 14.6. The zero-order valence-electron chi connectivity index (χ0n) is 12.4. The molecule has 0 atom stereocenters. The maximum atomic E-state index is 12.1. The van der Waals surface area contributed by atoms with E-state index in [1.165, 1.54) is 19.1 Å². The molecular weight excluding hydrogens is 280 g/mol. The van der Waals surface area contributed by atoms with E-state index in [1.54, 1.807) is 12.3 Å². The van der Waals surface area contributed by atoms with Crippen molar-refractivity contribution in [2.45, 2.75) is 25.9 Å². The number of amides is 1. The number of furan rings is 1. The number of carbonyl (C=O) groups is 1. The van der Waals surface area contributed by atoms with E-state index in [4.69, 9.17) is 10.2 Å². The van der Waals surface area contributed by atoms with Crippen molar-refractivity contribution in [3.63, 3.8) is 0 Å². The Balaban J connectivity index is 1.61. The average Bonchev–Trinajstić information content (AvgIpc) is 3.24. The third-order valence-corrected chi connectivity index (χ3v) is 3.81. The molecule has 3 rings (SSSR count). The van der Waals surface area contributed by atoms with Crippen molar-refractivity contribution in [3.05, 3.63) is 47.5 Å². The predicted molar refractivity (Wildman–Crippen MR) is 83.5 cm³/mol. The van der Waals surface area contributed by atoms with Gasteiger partial charge in [-0.2, -0.15) is 0 Å². The molecule has 0 aliphatic carbocycles. The van der Waals surface area contributed by atoms with E-state index >= 15 is 0 Å². The zero-order valence-corrected chi connectivity index (χ0v) is 12.4. The molecule has 22 heavy (non-hydrogen) atoms. The maximum Gasteiger partial charge on any atom is 0.254 e. The molecule has 6 heteroatoms. The largest absolute Gasteiger partial charge is 0.467 e. The number of nitrogens with two attached hydrogens (primary N) is 1. The normalized spacial score (nSPS) is 14.3. The van der Waals surface area contributed by atoms with Crippen LogP contribution in [0.25, 0.3) is 0 Å². The van der Waals surface area contributed by atoms with Gasteiger partial charge in [0.25, 0.3) is 5.91 Å². The number of anilines is 1. The summed E-state index contributed by atoms with van der Waals surface area (Å²) in [7, 11) is 0. The van der Waals surface area contributed by atoms with Gasteiger partial charge in [0.2, 0.25) is 0 Å². The lowest BCUT2D eigenvalue weighted by Gasteiger charge is -2.16. The highest BCUT2D eigenvalue weighted by Gasteiger charge is 2.14. The molecule has 1 fully saturated rings. The molecule has 3 heterocycles. The van der Waals surface area contributed by atoms with Gasteiger partial charge >= 0.3 is 0 Å². The summed E-state index contributed by atoms with van der Waals surface area (Å²) in [6.45, 7) is 2.86. The second kappa shape index (κ2) is 6.62. The van der Waals surface area contributed by atoms with Crippen molar-refractivity contribution in [3.8, 4) is 0 Å². The molecule has 1 amide bonds. The number of pyridine rings is 1. The Morgan fingerprint density at radius 3 is 2.91 bits per heavy atom. The molecule has 0 saturated carbocycles. The number of nitrogens with one attached hydrogen (secondary N) is 1. The van der Waals surface area contributed by atoms with Gasteiger partial charge in [0, 0.05) is 25.8 Å². The summed E-state index contributed by atoms with van der Waals surface area (Å²) in [6.07, 6.45) is 5.65. The Hall–Kier alpha value is -2.34. The fourth-order valence-electron chi connectivity index (χ4n) is 2.58. The second-order valence-electron chi connectivity index (χ2n) is 5.40. The first-order valence-electron chi connectivity index (χ1n) is 7.52. The number of carbonyl (C=O) groups excluding carboxylic acids is 1. The smallest absolute Gasteiger partial charge is 0.254 e. The molecule has 1 saturated heterocycles. The van der Waals surface area contributed by atoms with Gasteiger partial charge in [-0.1, -0.05) is 0 Å². The molecule has 2 aromatic heterocycles. The highest BCUT2D eigenvalue weighted by atomic mass is 16.3. The highest BCUT2D eigenvalue weighted by molar-refractivity contribution is 5.93. The van der Waals surface area contributed by atoms with Crippen molar-refractivity contribution in [1.82, 2.24) is 10.3 Å². The number of aromatic nitrogens is 1. The third kappa shape index (κ3) is 3.28. The Bertz CT molecular complexity index is 647. The van der Waals surface area contributed by atoms with Crippen LogP contribution in [-0.4, -0.2) is 24.0 Å². The van der Waals surface area contributed by atoms with Gasteiger partial charge in [0.15, 0.2) is 0 Å². The van der Waals surface area contributed by atoms with Crippen molar-refractivity contribution in [2.24, 2.45) is 5.73 Å². The quantitative estimate of drug-likeness (QED) is 0.877.